The van der Waals surface area contributed by atoms with Gasteiger partial charge in [-0.15, -0.1) is 0 Å². The van der Waals surface area contributed by atoms with E-state index in [0.717, 1.165) is 30.2 Å². The number of carbonyl (C=O) groups is 1. The van der Waals surface area contributed by atoms with E-state index < -0.39 is 0 Å². The average molecular weight is 408 g/mol. The molecule has 3 aromatic rings. The van der Waals surface area contributed by atoms with Gasteiger partial charge in [0, 0.05) is 26.7 Å². The van der Waals surface area contributed by atoms with Gasteiger partial charge >= 0.3 is 0 Å². The van der Waals surface area contributed by atoms with E-state index in [2.05, 4.69) is 28.4 Å². The Balaban J connectivity index is 1.71. The molecule has 158 valence electrons. The van der Waals surface area contributed by atoms with Gasteiger partial charge in [0.1, 0.15) is 11.5 Å². The predicted octanol–water partition coefficient (Wildman–Crippen LogP) is 3.87. The number of nitrogens with zero attached hydrogens (tertiary/aromatic N) is 1. The molecule has 0 atom stereocenters. The quantitative estimate of drug-likeness (QED) is 0.488. The van der Waals surface area contributed by atoms with Crippen molar-refractivity contribution in [2.24, 2.45) is 0 Å². The number of methoxy groups -OCH3 is 2. The van der Waals surface area contributed by atoms with Gasteiger partial charge in [0.25, 0.3) is 5.91 Å². The number of rotatable bonds is 11. The van der Waals surface area contributed by atoms with Crippen LogP contribution >= 0.6 is 0 Å². The monoisotopic (exact) mass is 408 g/mol. The Morgan fingerprint density at radius 2 is 1.70 bits per heavy atom. The van der Waals surface area contributed by atoms with E-state index in [1.807, 2.05) is 42.5 Å². The van der Waals surface area contributed by atoms with Crippen LogP contribution in [0, 0.1) is 0 Å². The van der Waals surface area contributed by atoms with Crippen LogP contribution in [0.4, 0.5) is 0 Å². The summed E-state index contributed by atoms with van der Waals surface area (Å²) in [6, 6.07) is 21.9. The first-order valence-electron chi connectivity index (χ1n) is 9.93. The molecule has 0 saturated heterocycles. The van der Waals surface area contributed by atoms with Crippen LogP contribution in [0.15, 0.2) is 71.1 Å². The third kappa shape index (κ3) is 6.47. The van der Waals surface area contributed by atoms with Crippen molar-refractivity contribution in [1.82, 2.24) is 10.2 Å². The van der Waals surface area contributed by atoms with Crippen LogP contribution < -0.4 is 10.1 Å². The highest BCUT2D eigenvalue weighted by Gasteiger charge is 2.14. The second-order valence-corrected chi connectivity index (χ2v) is 7.00. The Bertz CT molecular complexity index is 924. The minimum absolute atomic E-state index is 0.235. The summed E-state index contributed by atoms with van der Waals surface area (Å²) in [4.78, 5) is 14.5. The van der Waals surface area contributed by atoms with Crippen molar-refractivity contribution in [2.75, 3.05) is 27.4 Å². The zero-order valence-corrected chi connectivity index (χ0v) is 17.5. The normalized spacial score (nSPS) is 10.9. The third-order valence-electron chi connectivity index (χ3n) is 4.65. The van der Waals surface area contributed by atoms with E-state index in [-0.39, 0.29) is 5.91 Å². The zero-order valence-electron chi connectivity index (χ0n) is 17.5. The SMILES string of the molecule is COCCNC(=O)c1ccc(CN(Cc2ccccc2)Cc2cccc(OC)c2)o1. The molecule has 0 aliphatic heterocycles. The number of carbonyl (C=O) groups excluding carboxylic acids is 1. The molecule has 0 unspecified atom stereocenters. The molecule has 30 heavy (non-hydrogen) atoms. The minimum Gasteiger partial charge on any atom is -0.497 e. The lowest BCUT2D eigenvalue weighted by Crippen LogP contribution is -2.26. The zero-order chi connectivity index (χ0) is 21.2. The largest absolute Gasteiger partial charge is 0.497 e. The summed E-state index contributed by atoms with van der Waals surface area (Å²) in [5.74, 6) is 1.65. The number of benzene rings is 2. The van der Waals surface area contributed by atoms with Crippen LogP contribution in [0.5, 0.6) is 5.75 Å². The Hall–Kier alpha value is -3.09. The lowest BCUT2D eigenvalue weighted by atomic mass is 10.1. The first kappa shape index (κ1) is 21.6. The highest BCUT2D eigenvalue weighted by molar-refractivity contribution is 5.91. The van der Waals surface area contributed by atoms with E-state index in [1.54, 1.807) is 20.3 Å². The van der Waals surface area contributed by atoms with Crippen molar-refractivity contribution >= 4 is 5.91 Å². The van der Waals surface area contributed by atoms with Crippen molar-refractivity contribution in [1.29, 1.82) is 0 Å². The van der Waals surface area contributed by atoms with Crippen LogP contribution in [0.1, 0.15) is 27.4 Å². The number of hydrogen-bond acceptors (Lipinski definition) is 5. The summed E-state index contributed by atoms with van der Waals surface area (Å²) in [6.07, 6.45) is 0. The van der Waals surface area contributed by atoms with Crippen LogP contribution in [0.25, 0.3) is 0 Å². The van der Waals surface area contributed by atoms with Gasteiger partial charge in [-0.25, -0.2) is 0 Å². The van der Waals surface area contributed by atoms with Crippen molar-refractivity contribution in [3.05, 3.63) is 89.4 Å². The molecular formula is C24H28N2O4. The van der Waals surface area contributed by atoms with Crippen LogP contribution in [-0.4, -0.2) is 38.2 Å². The van der Waals surface area contributed by atoms with Crippen molar-refractivity contribution in [3.8, 4) is 5.75 Å². The molecule has 6 heteroatoms. The molecular weight excluding hydrogens is 380 g/mol. The van der Waals surface area contributed by atoms with Crippen molar-refractivity contribution < 1.29 is 18.7 Å². The summed E-state index contributed by atoms with van der Waals surface area (Å²) in [5.41, 5.74) is 2.36. The van der Waals surface area contributed by atoms with E-state index in [9.17, 15) is 4.79 Å². The number of ether oxygens (including phenoxy) is 2. The smallest absolute Gasteiger partial charge is 0.287 e. The fourth-order valence-corrected chi connectivity index (χ4v) is 3.20. The highest BCUT2D eigenvalue weighted by atomic mass is 16.5. The summed E-state index contributed by atoms with van der Waals surface area (Å²) in [7, 11) is 3.27. The maximum absolute atomic E-state index is 12.2. The van der Waals surface area contributed by atoms with Crippen LogP contribution in [0.3, 0.4) is 0 Å². The van der Waals surface area contributed by atoms with Gasteiger partial charge in [0.05, 0.1) is 20.3 Å². The second kappa shape index (κ2) is 11.2. The maximum Gasteiger partial charge on any atom is 0.287 e. The van der Waals surface area contributed by atoms with Crippen molar-refractivity contribution in [2.45, 2.75) is 19.6 Å². The van der Waals surface area contributed by atoms with E-state index in [4.69, 9.17) is 13.9 Å². The van der Waals surface area contributed by atoms with Gasteiger partial charge in [0.2, 0.25) is 0 Å². The number of furan rings is 1. The molecule has 0 fully saturated rings. The molecule has 3 rings (SSSR count). The summed E-state index contributed by atoms with van der Waals surface area (Å²) in [5, 5.41) is 2.77. The molecule has 0 spiro atoms. The Morgan fingerprint density at radius 1 is 0.933 bits per heavy atom. The topological polar surface area (TPSA) is 63.9 Å². The molecule has 6 nitrogen and oxygen atoms in total. The summed E-state index contributed by atoms with van der Waals surface area (Å²) in [6.45, 7) is 2.97. The lowest BCUT2D eigenvalue weighted by molar-refractivity contribution is 0.0905. The molecule has 2 aromatic carbocycles. The Morgan fingerprint density at radius 3 is 2.47 bits per heavy atom. The first-order valence-corrected chi connectivity index (χ1v) is 9.93. The molecule has 1 N–H and O–H groups in total. The highest BCUT2D eigenvalue weighted by Crippen LogP contribution is 2.19. The number of amides is 1. The molecule has 0 aliphatic carbocycles. The van der Waals surface area contributed by atoms with Gasteiger partial charge in [-0.1, -0.05) is 42.5 Å². The number of nitrogens with one attached hydrogen (secondary N) is 1. The van der Waals surface area contributed by atoms with E-state index in [0.29, 0.717) is 25.5 Å². The standard InChI is InChI=1S/C24H28N2O4/c1-28-14-13-25-24(27)23-12-11-22(30-23)18-26(16-19-7-4-3-5-8-19)17-20-9-6-10-21(15-20)29-2/h3-12,15H,13-14,16-18H2,1-2H3,(H,25,27). The molecule has 1 heterocycles. The first-order chi connectivity index (χ1) is 14.7. The molecule has 0 radical (unpaired) electrons. The minimum atomic E-state index is -0.235. The lowest BCUT2D eigenvalue weighted by Gasteiger charge is -2.22. The average Bonchev–Trinajstić information content (AvgIpc) is 3.23. The summed E-state index contributed by atoms with van der Waals surface area (Å²) < 4.78 is 16.1. The Kier molecular flexibility index (Phi) is 8.06. The van der Waals surface area contributed by atoms with E-state index >= 15 is 0 Å². The van der Waals surface area contributed by atoms with Crippen molar-refractivity contribution in [3.63, 3.8) is 0 Å². The van der Waals surface area contributed by atoms with E-state index in [1.165, 1.54) is 5.56 Å². The van der Waals surface area contributed by atoms with Gasteiger partial charge in [-0.05, 0) is 35.4 Å². The summed E-state index contributed by atoms with van der Waals surface area (Å²) >= 11 is 0. The third-order valence-corrected chi connectivity index (χ3v) is 4.65. The van der Waals surface area contributed by atoms with Gasteiger partial charge < -0.3 is 19.2 Å². The van der Waals surface area contributed by atoms with Crippen LogP contribution in [-0.2, 0) is 24.4 Å². The van der Waals surface area contributed by atoms with Gasteiger partial charge in [-0.2, -0.15) is 0 Å². The van der Waals surface area contributed by atoms with Gasteiger partial charge in [0.15, 0.2) is 5.76 Å². The number of hydrogen-bond donors (Lipinski definition) is 1. The van der Waals surface area contributed by atoms with Gasteiger partial charge in [-0.3, -0.25) is 9.69 Å². The fraction of sp³-hybridized carbons (Fsp3) is 0.292. The molecule has 0 saturated carbocycles. The molecule has 0 bridgehead atoms. The molecule has 0 aliphatic rings. The molecule has 1 amide bonds. The Labute approximate surface area is 177 Å². The second-order valence-electron chi connectivity index (χ2n) is 7.00. The fourth-order valence-electron chi connectivity index (χ4n) is 3.20. The maximum atomic E-state index is 12.2. The molecule has 1 aromatic heterocycles. The van der Waals surface area contributed by atoms with Crippen LogP contribution in [0.2, 0.25) is 0 Å². The predicted molar refractivity (Wildman–Crippen MR) is 115 cm³/mol.